The standard InChI is InChI=1S/C18H18N2O2S2/c1-2-20-15-9-8-13(12-16(15)24-18(20)22)19-17(21)10-11-23-14-6-4-3-5-7-14/h3-9,12H,2,10-11H2,1H3,(H,19,21). The van der Waals surface area contributed by atoms with Gasteiger partial charge in [-0.25, -0.2) is 0 Å². The highest BCUT2D eigenvalue weighted by Crippen LogP contribution is 2.22. The smallest absolute Gasteiger partial charge is 0.308 e. The molecule has 0 spiro atoms. The number of nitrogens with zero attached hydrogens (tertiary/aromatic N) is 1. The largest absolute Gasteiger partial charge is 0.326 e. The molecule has 0 aliphatic heterocycles. The lowest BCUT2D eigenvalue weighted by Crippen LogP contribution is -2.12. The van der Waals surface area contributed by atoms with Gasteiger partial charge in [-0.2, -0.15) is 0 Å². The zero-order valence-electron chi connectivity index (χ0n) is 13.3. The summed E-state index contributed by atoms with van der Waals surface area (Å²) in [5.41, 5.74) is 1.66. The Morgan fingerprint density at radius 1 is 1.21 bits per heavy atom. The maximum Gasteiger partial charge on any atom is 0.308 e. The molecule has 0 atom stereocenters. The van der Waals surface area contributed by atoms with Crippen molar-refractivity contribution in [1.82, 2.24) is 4.57 Å². The van der Waals surface area contributed by atoms with E-state index >= 15 is 0 Å². The number of aromatic nitrogens is 1. The van der Waals surface area contributed by atoms with Gasteiger partial charge in [0.15, 0.2) is 0 Å². The number of hydrogen-bond acceptors (Lipinski definition) is 4. The Kier molecular flexibility index (Phi) is 5.37. The Hall–Kier alpha value is -2.05. The normalized spacial score (nSPS) is 10.9. The van der Waals surface area contributed by atoms with Crippen LogP contribution in [0.5, 0.6) is 0 Å². The molecule has 1 heterocycles. The fourth-order valence-corrected chi connectivity index (χ4v) is 4.31. The van der Waals surface area contributed by atoms with E-state index in [1.54, 1.807) is 16.3 Å². The Bertz CT molecular complexity index is 900. The maximum absolute atomic E-state index is 12.1. The lowest BCUT2D eigenvalue weighted by molar-refractivity contribution is -0.115. The van der Waals surface area contributed by atoms with Gasteiger partial charge in [-0.05, 0) is 37.3 Å². The van der Waals surface area contributed by atoms with Crippen molar-refractivity contribution in [3.63, 3.8) is 0 Å². The van der Waals surface area contributed by atoms with E-state index in [1.807, 2.05) is 55.5 Å². The van der Waals surface area contributed by atoms with Crippen LogP contribution in [0.3, 0.4) is 0 Å². The fourth-order valence-electron chi connectivity index (χ4n) is 2.45. The third-order valence-corrected chi connectivity index (χ3v) is 5.56. The number of amides is 1. The lowest BCUT2D eigenvalue weighted by atomic mass is 10.3. The van der Waals surface area contributed by atoms with Crippen molar-refractivity contribution < 1.29 is 4.79 Å². The fraction of sp³-hybridized carbons (Fsp3) is 0.222. The van der Waals surface area contributed by atoms with E-state index in [2.05, 4.69) is 5.32 Å². The van der Waals surface area contributed by atoms with Crippen molar-refractivity contribution in [2.75, 3.05) is 11.1 Å². The van der Waals surface area contributed by atoms with Gasteiger partial charge in [-0.1, -0.05) is 29.5 Å². The number of nitrogens with one attached hydrogen (secondary N) is 1. The summed E-state index contributed by atoms with van der Waals surface area (Å²) in [7, 11) is 0. The van der Waals surface area contributed by atoms with Crippen LogP contribution >= 0.6 is 23.1 Å². The zero-order chi connectivity index (χ0) is 16.9. The molecule has 1 amide bonds. The topological polar surface area (TPSA) is 51.1 Å². The van der Waals surface area contributed by atoms with Crippen molar-refractivity contribution in [2.45, 2.75) is 24.8 Å². The second-order valence-corrected chi connectivity index (χ2v) is 7.42. The molecule has 0 radical (unpaired) electrons. The number of aryl methyl sites for hydroxylation is 1. The Morgan fingerprint density at radius 3 is 2.75 bits per heavy atom. The highest BCUT2D eigenvalue weighted by atomic mass is 32.2. The maximum atomic E-state index is 12.1. The molecule has 0 saturated heterocycles. The van der Waals surface area contributed by atoms with Crippen LogP contribution in [0.4, 0.5) is 5.69 Å². The van der Waals surface area contributed by atoms with Crippen molar-refractivity contribution in [2.24, 2.45) is 0 Å². The number of benzene rings is 2. The van der Waals surface area contributed by atoms with Gasteiger partial charge in [0.25, 0.3) is 0 Å². The van der Waals surface area contributed by atoms with Crippen LogP contribution in [-0.4, -0.2) is 16.2 Å². The Labute approximate surface area is 148 Å². The molecule has 3 rings (SSSR count). The first-order valence-corrected chi connectivity index (χ1v) is 9.58. The third-order valence-electron chi connectivity index (χ3n) is 3.61. The molecule has 0 fully saturated rings. The molecular weight excluding hydrogens is 340 g/mol. The minimum atomic E-state index is -0.0138. The molecule has 0 aliphatic rings. The summed E-state index contributed by atoms with van der Waals surface area (Å²) in [5.74, 6) is 0.720. The number of carbonyl (C=O) groups is 1. The molecule has 3 aromatic rings. The molecule has 24 heavy (non-hydrogen) atoms. The predicted molar refractivity (Wildman–Crippen MR) is 102 cm³/mol. The van der Waals surface area contributed by atoms with E-state index < -0.39 is 0 Å². The summed E-state index contributed by atoms with van der Waals surface area (Å²) in [6.07, 6.45) is 0.448. The Balaban J connectivity index is 1.60. The van der Waals surface area contributed by atoms with Crippen molar-refractivity contribution in [1.29, 1.82) is 0 Å². The first-order chi connectivity index (χ1) is 11.7. The summed E-state index contributed by atoms with van der Waals surface area (Å²) >= 11 is 2.88. The molecular formula is C18H18N2O2S2. The molecule has 0 unspecified atom stereocenters. The van der Waals surface area contributed by atoms with Crippen molar-refractivity contribution in [3.8, 4) is 0 Å². The quantitative estimate of drug-likeness (QED) is 0.672. The van der Waals surface area contributed by atoms with Gasteiger partial charge in [0, 0.05) is 29.3 Å². The second-order valence-electron chi connectivity index (χ2n) is 5.25. The second kappa shape index (κ2) is 7.68. The number of hydrogen-bond donors (Lipinski definition) is 1. The summed E-state index contributed by atoms with van der Waals surface area (Å²) in [4.78, 5) is 25.2. The summed E-state index contributed by atoms with van der Waals surface area (Å²) < 4.78 is 2.64. The van der Waals surface area contributed by atoms with Crippen LogP contribution in [0.2, 0.25) is 0 Å². The van der Waals surface area contributed by atoms with E-state index in [1.165, 1.54) is 11.3 Å². The van der Waals surface area contributed by atoms with Crippen LogP contribution in [0.1, 0.15) is 13.3 Å². The van der Waals surface area contributed by atoms with Crippen LogP contribution in [0.15, 0.2) is 58.2 Å². The van der Waals surface area contributed by atoms with Gasteiger partial charge >= 0.3 is 4.87 Å². The van der Waals surface area contributed by atoms with E-state index in [0.29, 0.717) is 13.0 Å². The zero-order valence-corrected chi connectivity index (χ0v) is 15.0. The van der Waals surface area contributed by atoms with E-state index in [-0.39, 0.29) is 10.8 Å². The molecule has 1 N–H and O–H groups in total. The van der Waals surface area contributed by atoms with Crippen LogP contribution < -0.4 is 10.2 Å². The summed E-state index contributed by atoms with van der Waals surface area (Å²) in [6.45, 7) is 2.61. The number of carbonyl (C=O) groups excluding carboxylic acids is 1. The Morgan fingerprint density at radius 2 is 2.00 bits per heavy atom. The molecule has 124 valence electrons. The monoisotopic (exact) mass is 358 g/mol. The molecule has 0 bridgehead atoms. The van der Waals surface area contributed by atoms with E-state index in [4.69, 9.17) is 0 Å². The van der Waals surface area contributed by atoms with E-state index in [9.17, 15) is 9.59 Å². The van der Waals surface area contributed by atoms with Crippen LogP contribution in [0.25, 0.3) is 10.2 Å². The van der Waals surface area contributed by atoms with E-state index in [0.717, 1.165) is 26.6 Å². The van der Waals surface area contributed by atoms with Crippen molar-refractivity contribution in [3.05, 3.63) is 58.2 Å². The SMILES string of the molecule is CCn1c(=O)sc2cc(NC(=O)CCSc3ccccc3)ccc21. The number of thiazole rings is 1. The number of anilines is 1. The molecule has 4 nitrogen and oxygen atoms in total. The number of fused-ring (bicyclic) bond motifs is 1. The molecule has 0 aliphatic carbocycles. The average molecular weight is 358 g/mol. The molecule has 1 aromatic heterocycles. The first-order valence-electron chi connectivity index (χ1n) is 7.78. The highest BCUT2D eigenvalue weighted by molar-refractivity contribution is 7.99. The molecule has 0 saturated carbocycles. The van der Waals surface area contributed by atoms with Gasteiger partial charge in [0.05, 0.1) is 10.2 Å². The minimum absolute atomic E-state index is 0.0138. The van der Waals surface area contributed by atoms with Gasteiger partial charge < -0.3 is 5.32 Å². The van der Waals surface area contributed by atoms with Crippen LogP contribution in [-0.2, 0) is 11.3 Å². The summed E-state index contributed by atoms with van der Waals surface area (Å²) in [6, 6.07) is 15.7. The highest BCUT2D eigenvalue weighted by Gasteiger charge is 2.08. The lowest BCUT2D eigenvalue weighted by Gasteiger charge is -2.06. The number of thioether (sulfide) groups is 1. The van der Waals surface area contributed by atoms with Gasteiger partial charge in [0.2, 0.25) is 5.91 Å². The predicted octanol–water partition coefficient (Wildman–Crippen LogP) is 4.20. The molecule has 6 heteroatoms. The van der Waals surface area contributed by atoms with Gasteiger partial charge in [-0.15, -0.1) is 11.8 Å². The van der Waals surface area contributed by atoms with Crippen LogP contribution in [0, 0.1) is 0 Å². The number of rotatable bonds is 6. The van der Waals surface area contributed by atoms with Gasteiger partial charge in [-0.3, -0.25) is 14.2 Å². The molecule has 2 aromatic carbocycles. The summed E-state index contributed by atoms with van der Waals surface area (Å²) in [5, 5.41) is 2.91. The van der Waals surface area contributed by atoms with Crippen molar-refractivity contribution >= 4 is 44.9 Å². The minimum Gasteiger partial charge on any atom is -0.326 e. The third kappa shape index (κ3) is 3.88. The van der Waals surface area contributed by atoms with Gasteiger partial charge in [0.1, 0.15) is 0 Å². The average Bonchev–Trinajstić information content (AvgIpc) is 2.90. The first kappa shape index (κ1) is 16.8.